The van der Waals surface area contributed by atoms with Crippen molar-refractivity contribution in [3.8, 4) is 0 Å². The highest BCUT2D eigenvalue weighted by molar-refractivity contribution is 7.92. The molecule has 0 aliphatic carbocycles. The number of hydrogen-bond donors (Lipinski definition) is 3. The second-order valence-electron chi connectivity index (χ2n) is 7.05. The first-order valence-electron chi connectivity index (χ1n) is 9.73. The lowest BCUT2D eigenvalue weighted by atomic mass is 10.1. The molecule has 3 aromatic rings. The van der Waals surface area contributed by atoms with Gasteiger partial charge in [-0.3, -0.25) is 9.52 Å². The van der Waals surface area contributed by atoms with E-state index in [1.54, 1.807) is 31.2 Å². The SMILES string of the molecule is CCCC(=O)c1cc(Nc2ncc(Cl)c(Nc3ccccc3NS(C)(=O)=O)n2)c(F)cc1F. The number of sulfonamides is 1. The fraction of sp³-hybridized carbons (Fsp3) is 0.190. The molecule has 0 radical (unpaired) electrons. The maximum Gasteiger partial charge on any atom is 0.229 e. The van der Waals surface area contributed by atoms with Gasteiger partial charge in [0.25, 0.3) is 0 Å². The average Bonchev–Trinajstić information content (AvgIpc) is 2.73. The van der Waals surface area contributed by atoms with Crippen molar-refractivity contribution in [2.24, 2.45) is 0 Å². The highest BCUT2D eigenvalue weighted by Gasteiger charge is 2.17. The molecule has 0 fully saturated rings. The molecule has 33 heavy (non-hydrogen) atoms. The molecule has 0 atom stereocenters. The second kappa shape index (κ2) is 10.1. The summed E-state index contributed by atoms with van der Waals surface area (Å²) in [6, 6.07) is 8.14. The van der Waals surface area contributed by atoms with Gasteiger partial charge in [0.15, 0.2) is 11.6 Å². The van der Waals surface area contributed by atoms with Crippen molar-refractivity contribution in [1.82, 2.24) is 9.97 Å². The third-order valence-electron chi connectivity index (χ3n) is 4.30. The van der Waals surface area contributed by atoms with Crippen LogP contribution in [-0.4, -0.2) is 30.4 Å². The smallest absolute Gasteiger partial charge is 0.229 e. The molecule has 0 aliphatic rings. The molecule has 0 aliphatic heterocycles. The zero-order valence-corrected chi connectivity index (χ0v) is 19.2. The highest BCUT2D eigenvalue weighted by Crippen LogP contribution is 2.30. The zero-order valence-electron chi connectivity index (χ0n) is 17.6. The van der Waals surface area contributed by atoms with Gasteiger partial charge in [-0.2, -0.15) is 4.98 Å². The maximum atomic E-state index is 14.3. The van der Waals surface area contributed by atoms with E-state index >= 15 is 0 Å². The van der Waals surface area contributed by atoms with Crippen LogP contribution in [-0.2, 0) is 10.0 Å². The van der Waals surface area contributed by atoms with Crippen molar-refractivity contribution in [1.29, 1.82) is 0 Å². The van der Waals surface area contributed by atoms with Gasteiger partial charge in [0.1, 0.15) is 16.7 Å². The molecule has 0 amide bonds. The first-order valence-corrected chi connectivity index (χ1v) is 12.0. The summed E-state index contributed by atoms with van der Waals surface area (Å²) in [6.07, 6.45) is 2.90. The molecule has 2 aromatic carbocycles. The van der Waals surface area contributed by atoms with E-state index in [0.717, 1.165) is 12.3 Å². The Kier molecular flexibility index (Phi) is 7.44. The van der Waals surface area contributed by atoms with Crippen LogP contribution >= 0.6 is 11.6 Å². The minimum absolute atomic E-state index is 0.0881. The summed E-state index contributed by atoms with van der Waals surface area (Å²) >= 11 is 6.17. The van der Waals surface area contributed by atoms with Crippen LogP contribution in [0.2, 0.25) is 5.02 Å². The van der Waals surface area contributed by atoms with Crippen LogP contribution < -0.4 is 15.4 Å². The number of anilines is 5. The number of ketones is 1. The van der Waals surface area contributed by atoms with Gasteiger partial charge < -0.3 is 10.6 Å². The summed E-state index contributed by atoms with van der Waals surface area (Å²) in [5.74, 6) is -2.33. The maximum absolute atomic E-state index is 14.3. The van der Waals surface area contributed by atoms with E-state index < -0.39 is 27.4 Å². The predicted molar refractivity (Wildman–Crippen MR) is 124 cm³/mol. The van der Waals surface area contributed by atoms with Gasteiger partial charge in [0, 0.05) is 12.5 Å². The van der Waals surface area contributed by atoms with E-state index in [-0.39, 0.29) is 40.1 Å². The number of hydrogen-bond acceptors (Lipinski definition) is 7. The van der Waals surface area contributed by atoms with Gasteiger partial charge in [-0.15, -0.1) is 0 Å². The van der Waals surface area contributed by atoms with Crippen LogP contribution in [0.1, 0.15) is 30.1 Å². The third-order valence-corrected chi connectivity index (χ3v) is 5.17. The van der Waals surface area contributed by atoms with Crippen LogP contribution in [0.4, 0.5) is 37.6 Å². The Labute approximate surface area is 194 Å². The fourth-order valence-electron chi connectivity index (χ4n) is 2.86. The number of nitrogens with one attached hydrogen (secondary N) is 3. The summed E-state index contributed by atoms with van der Waals surface area (Å²) in [4.78, 5) is 20.3. The van der Waals surface area contributed by atoms with Crippen molar-refractivity contribution in [2.45, 2.75) is 19.8 Å². The minimum atomic E-state index is -3.54. The number of Topliss-reactive ketones (excluding diaryl/α,β-unsaturated/α-hetero) is 1. The first-order chi connectivity index (χ1) is 15.6. The van der Waals surface area contributed by atoms with Crippen molar-refractivity contribution in [2.75, 3.05) is 21.6 Å². The van der Waals surface area contributed by atoms with Crippen LogP contribution in [0.15, 0.2) is 42.6 Å². The van der Waals surface area contributed by atoms with E-state index in [1.165, 1.54) is 6.20 Å². The number of aromatic nitrogens is 2. The topological polar surface area (TPSA) is 113 Å². The van der Waals surface area contributed by atoms with E-state index in [9.17, 15) is 22.0 Å². The third kappa shape index (κ3) is 6.36. The van der Waals surface area contributed by atoms with Gasteiger partial charge in [0.05, 0.1) is 35.1 Å². The Hall–Kier alpha value is -3.31. The van der Waals surface area contributed by atoms with Gasteiger partial charge in [-0.05, 0) is 24.6 Å². The molecule has 3 N–H and O–H groups in total. The number of para-hydroxylation sites is 2. The van der Waals surface area contributed by atoms with Crippen LogP contribution in [0.3, 0.4) is 0 Å². The highest BCUT2D eigenvalue weighted by atomic mass is 35.5. The minimum Gasteiger partial charge on any atom is -0.337 e. The van der Waals surface area contributed by atoms with Crippen molar-refractivity contribution < 1.29 is 22.0 Å². The lowest BCUT2D eigenvalue weighted by Gasteiger charge is -2.14. The second-order valence-corrected chi connectivity index (χ2v) is 9.20. The molecule has 0 spiro atoms. The zero-order chi connectivity index (χ0) is 24.2. The molecule has 3 rings (SSSR count). The molecule has 8 nitrogen and oxygen atoms in total. The Morgan fingerprint density at radius 3 is 2.42 bits per heavy atom. The van der Waals surface area contributed by atoms with Gasteiger partial charge in [-0.1, -0.05) is 30.7 Å². The Morgan fingerprint density at radius 1 is 1.06 bits per heavy atom. The molecule has 1 aromatic heterocycles. The Bertz CT molecular complexity index is 1310. The number of carbonyl (C=O) groups is 1. The Morgan fingerprint density at radius 2 is 1.76 bits per heavy atom. The fourth-order valence-corrected chi connectivity index (χ4v) is 3.58. The molecular formula is C21H20ClF2N5O3S. The van der Waals surface area contributed by atoms with E-state index in [2.05, 4.69) is 25.3 Å². The van der Waals surface area contributed by atoms with Crippen molar-refractivity contribution in [3.05, 3.63) is 64.8 Å². The molecule has 0 unspecified atom stereocenters. The average molecular weight is 496 g/mol. The van der Waals surface area contributed by atoms with E-state index in [1.807, 2.05) is 0 Å². The molecule has 0 saturated carbocycles. The molecule has 12 heteroatoms. The summed E-state index contributed by atoms with van der Waals surface area (Å²) in [5.41, 5.74) is 0.180. The van der Waals surface area contributed by atoms with Gasteiger partial charge >= 0.3 is 0 Å². The molecule has 174 valence electrons. The monoisotopic (exact) mass is 495 g/mol. The summed E-state index contributed by atoms with van der Waals surface area (Å²) in [5, 5.41) is 5.62. The summed E-state index contributed by atoms with van der Waals surface area (Å²) in [7, 11) is -3.54. The van der Waals surface area contributed by atoms with Crippen LogP contribution in [0.5, 0.6) is 0 Å². The molecular weight excluding hydrogens is 476 g/mol. The van der Waals surface area contributed by atoms with Crippen molar-refractivity contribution >= 4 is 56.2 Å². The Balaban J connectivity index is 1.91. The van der Waals surface area contributed by atoms with Gasteiger partial charge in [0.2, 0.25) is 16.0 Å². The summed E-state index contributed by atoms with van der Waals surface area (Å²) < 4.78 is 54.0. The molecule has 1 heterocycles. The largest absolute Gasteiger partial charge is 0.337 e. The molecule has 0 bridgehead atoms. The number of carbonyl (C=O) groups excluding carboxylic acids is 1. The van der Waals surface area contributed by atoms with Gasteiger partial charge in [-0.25, -0.2) is 22.2 Å². The van der Waals surface area contributed by atoms with Crippen LogP contribution in [0.25, 0.3) is 0 Å². The van der Waals surface area contributed by atoms with Crippen LogP contribution in [0, 0.1) is 11.6 Å². The van der Waals surface area contributed by atoms with E-state index in [0.29, 0.717) is 18.2 Å². The molecule has 0 saturated heterocycles. The van der Waals surface area contributed by atoms with Crippen molar-refractivity contribution in [3.63, 3.8) is 0 Å². The quantitative estimate of drug-likeness (QED) is 0.347. The normalized spacial score (nSPS) is 11.2. The lowest BCUT2D eigenvalue weighted by Crippen LogP contribution is -2.11. The number of rotatable bonds is 9. The standard InChI is InChI=1S/C21H20ClF2N5O3S/c1-3-6-19(30)12-9-18(15(24)10-14(12)23)27-21-25-11-13(22)20(28-21)26-16-7-4-5-8-17(16)29-33(2,31)32/h4-5,7-11,29H,3,6H2,1-2H3,(H2,25,26,27,28). The number of benzene rings is 2. The van der Waals surface area contributed by atoms with E-state index in [4.69, 9.17) is 11.6 Å². The number of nitrogens with zero attached hydrogens (tertiary/aromatic N) is 2. The lowest BCUT2D eigenvalue weighted by molar-refractivity contribution is 0.0978. The predicted octanol–water partition coefficient (Wildman–Crippen LogP) is 5.25. The first kappa shape index (κ1) is 24.3. The summed E-state index contributed by atoms with van der Waals surface area (Å²) in [6.45, 7) is 1.78. The number of halogens is 3.